The topological polar surface area (TPSA) is 0 Å². The van der Waals surface area contributed by atoms with E-state index >= 15 is 0 Å². The van der Waals surface area contributed by atoms with Crippen molar-refractivity contribution in [3.63, 3.8) is 0 Å². The monoisotopic (exact) mass is 404 g/mol. The van der Waals surface area contributed by atoms with Crippen LogP contribution in [-0.4, -0.2) is 0 Å². The zero-order valence-corrected chi connectivity index (χ0v) is 19.6. The third-order valence-corrected chi connectivity index (χ3v) is 6.39. The molecule has 0 amide bonds. The molecule has 5 aromatic rings. The summed E-state index contributed by atoms with van der Waals surface area (Å²) >= 11 is 0. The first-order valence-corrected chi connectivity index (χ1v) is 11.6. The Bertz CT molecular complexity index is 1390. The minimum Gasteiger partial charge on any atom is -0.0683 e. The van der Waals surface area contributed by atoms with Crippen LogP contribution in [0.3, 0.4) is 0 Å². The average molecular weight is 405 g/mol. The van der Waals surface area contributed by atoms with Crippen LogP contribution in [0.25, 0.3) is 43.4 Å². The van der Waals surface area contributed by atoms with Crippen molar-refractivity contribution in [3.05, 3.63) is 96.1 Å². The van der Waals surface area contributed by atoms with Crippen LogP contribution >= 0.6 is 0 Å². The van der Waals surface area contributed by atoms with E-state index in [-0.39, 0.29) is 5.41 Å². The molecular weight excluding hydrogens is 372 g/mol. The lowest BCUT2D eigenvalue weighted by molar-refractivity contribution is 0.661. The fraction of sp³-hybridized carbons (Fsp3) is 0.226. The number of hydrogen-bond donors (Lipinski definition) is 0. The quantitative estimate of drug-likeness (QED) is 0.225. The molecule has 31 heavy (non-hydrogen) atoms. The van der Waals surface area contributed by atoms with Gasteiger partial charge in [0.15, 0.2) is 0 Å². The van der Waals surface area contributed by atoms with Crippen LogP contribution in [0.2, 0.25) is 0 Å². The molecule has 6 rings (SSSR count). The van der Waals surface area contributed by atoms with Gasteiger partial charge in [-0.1, -0.05) is 102 Å². The number of rotatable bonds is 0. The molecule has 0 heteroatoms. The number of fused-ring (bicyclic) bond motifs is 7. The molecule has 0 unspecified atom stereocenters. The molecule has 0 nitrogen and oxygen atoms in total. The molecule has 1 aliphatic carbocycles. The zero-order valence-electron chi connectivity index (χ0n) is 19.6. The van der Waals surface area contributed by atoms with Crippen LogP contribution in [0, 0.1) is 0 Å². The highest BCUT2D eigenvalue weighted by molar-refractivity contribution is 6.09. The van der Waals surface area contributed by atoms with E-state index < -0.39 is 0 Å². The van der Waals surface area contributed by atoms with E-state index in [0.717, 1.165) is 0 Å². The maximum atomic E-state index is 2.40. The van der Waals surface area contributed by atoms with Crippen LogP contribution < -0.4 is 0 Å². The third-order valence-electron chi connectivity index (χ3n) is 6.39. The fourth-order valence-electron chi connectivity index (χ4n) is 4.93. The minimum absolute atomic E-state index is 0.0224. The SMILES string of the molecule is CC.CC.CC1(C)c2cc3ccccc3cc2-c2c1ccc1cc3ccccc3cc21. The average Bonchev–Trinajstić information content (AvgIpc) is 3.05. The number of benzene rings is 5. The van der Waals surface area contributed by atoms with E-state index in [9.17, 15) is 0 Å². The van der Waals surface area contributed by atoms with Crippen molar-refractivity contribution >= 4 is 32.3 Å². The molecule has 0 aliphatic heterocycles. The highest BCUT2D eigenvalue weighted by Crippen LogP contribution is 2.52. The van der Waals surface area contributed by atoms with Gasteiger partial charge in [0, 0.05) is 5.41 Å². The summed E-state index contributed by atoms with van der Waals surface area (Å²) in [5, 5.41) is 7.95. The van der Waals surface area contributed by atoms with Crippen molar-refractivity contribution in [3.8, 4) is 11.1 Å². The zero-order chi connectivity index (χ0) is 22.2. The summed E-state index contributed by atoms with van der Waals surface area (Å²) in [4.78, 5) is 0. The van der Waals surface area contributed by atoms with Crippen LogP contribution in [0.5, 0.6) is 0 Å². The maximum absolute atomic E-state index is 2.40. The molecule has 0 spiro atoms. The summed E-state index contributed by atoms with van der Waals surface area (Å²) in [6.07, 6.45) is 0. The molecule has 0 aromatic heterocycles. The molecule has 0 saturated carbocycles. The van der Waals surface area contributed by atoms with Gasteiger partial charge in [0.2, 0.25) is 0 Å². The summed E-state index contributed by atoms with van der Waals surface area (Å²) in [5.74, 6) is 0. The second-order valence-electron chi connectivity index (χ2n) is 8.28. The van der Waals surface area contributed by atoms with Crippen molar-refractivity contribution in [2.24, 2.45) is 0 Å². The Morgan fingerprint density at radius 1 is 0.484 bits per heavy atom. The fourth-order valence-corrected chi connectivity index (χ4v) is 4.93. The van der Waals surface area contributed by atoms with E-state index in [1.807, 2.05) is 27.7 Å². The Balaban J connectivity index is 0.000000549. The van der Waals surface area contributed by atoms with Crippen molar-refractivity contribution in [2.75, 3.05) is 0 Å². The molecule has 0 atom stereocenters. The lowest BCUT2D eigenvalue weighted by atomic mass is 9.81. The second-order valence-corrected chi connectivity index (χ2v) is 8.28. The first-order valence-electron chi connectivity index (χ1n) is 11.6. The lowest BCUT2D eigenvalue weighted by Crippen LogP contribution is -2.14. The highest BCUT2D eigenvalue weighted by Gasteiger charge is 2.36. The van der Waals surface area contributed by atoms with Crippen LogP contribution in [0.4, 0.5) is 0 Å². The summed E-state index contributed by atoms with van der Waals surface area (Å²) in [7, 11) is 0. The molecule has 0 radical (unpaired) electrons. The van der Waals surface area contributed by atoms with Gasteiger partial charge >= 0.3 is 0 Å². The van der Waals surface area contributed by atoms with Gasteiger partial charge in [0.25, 0.3) is 0 Å². The Kier molecular flexibility index (Phi) is 5.58. The maximum Gasteiger partial charge on any atom is 0.0159 e. The smallest absolute Gasteiger partial charge is 0.0159 e. The highest BCUT2D eigenvalue weighted by atomic mass is 14.4. The van der Waals surface area contributed by atoms with E-state index in [0.29, 0.717) is 0 Å². The van der Waals surface area contributed by atoms with Gasteiger partial charge in [0.05, 0.1) is 0 Å². The van der Waals surface area contributed by atoms with Gasteiger partial charge in [-0.3, -0.25) is 0 Å². The molecule has 0 saturated heterocycles. The molecule has 156 valence electrons. The largest absolute Gasteiger partial charge is 0.0683 e. The summed E-state index contributed by atoms with van der Waals surface area (Å²) < 4.78 is 0. The van der Waals surface area contributed by atoms with E-state index in [1.165, 1.54) is 54.6 Å². The predicted octanol–water partition coefficient (Wildman–Crippen LogP) is 9.50. The van der Waals surface area contributed by atoms with Crippen LogP contribution in [0.1, 0.15) is 52.7 Å². The molecule has 0 fully saturated rings. The molecule has 1 aliphatic rings. The van der Waals surface area contributed by atoms with Gasteiger partial charge < -0.3 is 0 Å². The first kappa shape index (κ1) is 21.1. The van der Waals surface area contributed by atoms with Gasteiger partial charge in [0.1, 0.15) is 0 Å². The summed E-state index contributed by atoms with van der Waals surface area (Å²) in [6, 6.07) is 31.5. The second kappa shape index (κ2) is 8.19. The molecule has 5 aromatic carbocycles. The van der Waals surface area contributed by atoms with E-state index in [1.54, 1.807) is 0 Å². The predicted molar refractivity (Wildman–Crippen MR) is 139 cm³/mol. The summed E-state index contributed by atoms with van der Waals surface area (Å²) in [6.45, 7) is 12.7. The Morgan fingerprint density at radius 2 is 1.00 bits per heavy atom. The Morgan fingerprint density at radius 3 is 1.61 bits per heavy atom. The van der Waals surface area contributed by atoms with E-state index in [4.69, 9.17) is 0 Å². The standard InChI is InChI=1S/C27H20.2C2H6/c1-27(2)24-12-11-21-13-17-7-3-4-8-18(17)14-22(21)26(24)23-15-19-9-5-6-10-20(19)16-25(23)27;2*1-2/h3-16H,1-2H3;2*1-2H3. The summed E-state index contributed by atoms with van der Waals surface area (Å²) in [5.41, 5.74) is 5.72. The van der Waals surface area contributed by atoms with Crippen molar-refractivity contribution in [2.45, 2.75) is 47.0 Å². The molecule has 0 bridgehead atoms. The van der Waals surface area contributed by atoms with Crippen LogP contribution in [0.15, 0.2) is 84.9 Å². The van der Waals surface area contributed by atoms with Gasteiger partial charge in [-0.15, -0.1) is 0 Å². The Hall–Kier alpha value is -3.12. The molecular formula is C31H32. The molecule has 0 N–H and O–H groups in total. The normalized spacial score (nSPS) is 13.1. The van der Waals surface area contributed by atoms with Gasteiger partial charge in [-0.05, 0) is 78.8 Å². The Labute approximate surface area is 186 Å². The van der Waals surface area contributed by atoms with Gasteiger partial charge in [-0.25, -0.2) is 0 Å². The van der Waals surface area contributed by atoms with Crippen molar-refractivity contribution < 1.29 is 0 Å². The van der Waals surface area contributed by atoms with Crippen molar-refractivity contribution in [1.82, 2.24) is 0 Å². The lowest BCUT2D eigenvalue weighted by Gasteiger charge is -2.22. The van der Waals surface area contributed by atoms with Gasteiger partial charge in [-0.2, -0.15) is 0 Å². The molecule has 0 heterocycles. The van der Waals surface area contributed by atoms with Crippen LogP contribution in [-0.2, 0) is 5.41 Å². The third kappa shape index (κ3) is 3.22. The van der Waals surface area contributed by atoms with E-state index in [2.05, 4.69) is 98.8 Å². The minimum atomic E-state index is 0.0224. The first-order chi connectivity index (χ1) is 15.1. The van der Waals surface area contributed by atoms with Crippen molar-refractivity contribution in [1.29, 1.82) is 0 Å². The number of hydrogen-bond acceptors (Lipinski definition) is 0.